The van der Waals surface area contributed by atoms with Crippen LogP contribution in [-0.2, 0) is 72.1 Å². The zero-order valence-electron chi connectivity index (χ0n) is 38.9. The van der Waals surface area contributed by atoms with Crippen LogP contribution in [0.3, 0.4) is 0 Å². The van der Waals surface area contributed by atoms with Gasteiger partial charge in [-0.2, -0.15) is 0 Å². The molecule has 0 aromatic heterocycles. The number of rotatable bonds is 40. The average molecular weight is 932 g/mol. The molecule has 0 unspecified atom stereocenters. The molecule has 0 saturated heterocycles. The van der Waals surface area contributed by atoms with Crippen LogP contribution >= 0.6 is 0 Å². The van der Waals surface area contributed by atoms with Gasteiger partial charge in [0.1, 0.15) is 0 Å². The summed E-state index contributed by atoms with van der Waals surface area (Å²) in [6.07, 6.45) is 1.17. The van der Waals surface area contributed by atoms with Crippen molar-refractivity contribution < 1.29 is 65.6 Å². The number of carbonyl (C=O) groups excluding carboxylic acids is 3. The van der Waals surface area contributed by atoms with Gasteiger partial charge >= 0.3 is 8.80 Å². The lowest BCUT2D eigenvalue weighted by molar-refractivity contribution is -0.125. The molecule has 2 aromatic carbocycles. The largest absolute Gasteiger partial charge is 0.500 e. The molecule has 0 bridgehead atoms. The molecule has 1 heterocycles. The Morgan fingerprint density at radius 3 is 1.49 bits per heavy atom. The fourth-order valence-corrected chi connectivity index (χ4v) is 8.95. The molecule has 0 spiro atoms. The monoisotopic (exact) mass is 931 g/mol. The van der Waals surface area contributed by atoms with Crippen LogP contribution in [-0.4, -0.2) is 165 Å². The van der Waals surface area contributed by atoms with Crippen LogP contribution in [0, 0.1) is 11.8 Å². The third-order valence-corrected chi connectivity index (χ3v) is 12.6. The summed E-state index contributed by atoms with van der Waals surface area (Å²) in [5.41, 5.74) is 3.39. The van der Waals surface area contributed by atoms with Gasteiger partial charge in [0.05, 0.1) is 118 Å². The lowest BCUT2D eigenvalue weighted by Crippen LogP contribution is -2.46. The van der Waals surface area contributed by atoms with Gasteiger partial charge in [0, 0.05) is 69.3 Å². The summed E-state index contributed by atoms with van der Waals surface area (Å²) in [7, 11) is -2.68. The highest BCUT2D eigenvalue weighted by molar-refractivity contribution is 6.60. The Balaban J connectivity index is 1.01. The molecule has 3 rings (SSSR count). The van der Waals surface area contributed by atoms with Crippen molar-refractivity contribution in [3.63, 3.8) is 0 Å². The van der Waals surface area contributed by atoms with Gasteiger partial charge in [0.25, 0.3) is 0 Å². The number of anilines is 1. The van der Waals surface area contributed by atoms with Crippen LogP contribution in [0.5, 0.6) is 0 Å². The molecule has 2 N–H and O–H groups in total. The molecular formula is C47H73N3O14Si. The molecule has 18 heteroatoms. The van der Waals surface area contributed by atoms with Crippen LogP contribution in [0.4, 0.5) is 5.69 Å². The van der Waals surface area contributed by atoms with E-state index in [1.165, 1.54) is 0 Å². The summed E-state index contributed by atoms with van der Waals surface area (Å²) in [6, 6.07) is 16.0. The topological polar surface area (TPSA) is 180 Å². The SMILES string of the molecule is CCO[Si](CCCNC(=O)CCOCCOCCOCCOCCOCCOCCOCCOCCNC(=O)CCC(=O)N1Cc2ccccc2C#Cc2ccccc21)(OCC)OCC. The smallest absolute Gasteiger partial charge is 0.379 e. The van der Waals surface area contributed by atoms with E-state index in [1.54, 1.807) is 4.90 Å². The first-order valence-corrected chi connectivity index (χ1v) is 24.9. The predicted molar refractivity (Wildman–Crippen MR) is 247 cm³/mol. The van der Waals surface area contributed by atoms with Crippen LogP contribution < -0.4 is 15.5 Å². The Morgan fingerprint density at radius 2 is 0.954 bits per heavy atom. The van der Waals surface area contributed by atoms with E-state index in [1.807, 2.05) is 69.3 Å². The van der Waals surface area contributed by atoms with Gasteiger partial charge in [-0.05, 0) is 51.0 Å². The summed E-state index contributed by atoms with van der Waals surface area (Å²) < 4.78 is 61.7. The maximum atomic E-state index is 13.3. The standard InChI is InChI=1S/C47H73N3O14Si/c1-4-62-65(63-5-2,64-6-3)39-11-21-48-46(52)20-23-54-25-27-56-29-31-58-33-35-60-37-38-61-36-34-59-32-30-57-28-26-55-24-22-49-45(51)18-19-47(53)50-40-43-14-8-7-12-41(43)16-17-42-13-9-10-15-44(42)50/h7-10,12-15H,4-6,11,18-40H2,1-3H3,(H,48,52)(H,49,51). The Hall–Kier alpha value is -3.81. The third-order valence-electron chi connectivity index (χ3n) is 9.46. The molecule has 0 radical (unpaired) electrons. The fourth-order valence-electron chi connectivity index (χ4n) is 6.34. The molecule has 0 saturated carbocycles. The van der Waals surface area contributed by atoms with E-state index in [9.17, 15) is 14.4 Å². The van der Waals surface area contributed by atoms with Crippen molar-refractivity contribution in [2.24, 2.45) is 0 Å². The first kappa shape index (κ1) is 55.5. The minimum absolute atomic E-state index is 0.0610. The van der Waals surface area contributed by atoms with Gasteiger partial charge in [0.2, 0.25) is 17.7 Å². The van der Waals surface area contributed by atoms with Crippen molar-refractivity contribution in [3.05, 3.63) is 65.2 Å². The predicted octanol–water partition coefficient (Wildman–Crippen LogP) is 3.91. The Bertz CT molecular complexity index is 1640. The van der Waals surface area contributed by atoms with E-state index < -0.39 is 8.80 Å². The van der Waals surface area contributed by atoms with Crippen molar-refractivity contribution >= 4 is 32.2 Å². The Labute approximate surface area is 387 Å². The van der Waals surface area contributed by atoms with E-state index in [0.29, 0.717) is 151 Å². The zero-order valence-corrected chi connectivity index (χ0v) is 39.9. The number of carbonyl (C=O) groups is 3. The van der Waals surface area contributed by atoms with Gasteiger partial charge < -0.3 is 66.7 Å². The second-order valence-electron chi connectivity index (χ2n) is 14.3. The first-order valence-electron chi connectivity index (χ1n) is 23.0. The molecule has 65 heavy (non-hydrogen) atoms. The number of benzene rings is 2. The van der Waals surface area contributed by atoms with E-state index >= 15 is 0 Å². The summed E-state index contributed by atoms with van der Waals surface area (Å²) in [5.74, 6) is 6.00. The highest BCUT2D eigenvalue weighted by atomic mass is 28.4. The second kappa shape index (κ2) is 36.3. The molecule has 0 atom stereocenters. The Morgan fingerprint density at radius 1 is 0.523 bits per heavy atom. The molecule has 3 amide bonds. The number of para-hydroxylation sites is 1. The van der Waals surface area contributed by atoms with Crippen molar-refractivity contribution in [2.75, 3.05) is 144 Å². The van der Waals surface area contributed by atoms with Crippen molar-refractivity contribution in [1.29, 1.82) is 0 Å². The number of nitrogens with one attached hydrogen (secondary N) is 2. The maximum absolute atomic E-state index is 13.3. The van der Waals surface area contributed by atoms with Gasteiger partial charge in [-0.25, -0.2) is 0 Å². The Kier molecular flexibility index (Phi) is 31.0. The number of hydrogen-bond acceptors (Lipinski definition) is 14. The van der Waals surface area contributed by atoms with Crippen molar-refractivity contribution in [2.45, 2.75) is 59.0 Å². The highest BCUT2D eigenvalue weighted by Crippen LogP contribution is 2.26. The van der Waals surface area contributed by atoms with Crippen LogP contribution in [0.1, 0.15) is 63.1 Å². The average Bonchev–Trinajstić information content (AvgIpc) is 3.30. The van der Waals surface area contributed by atoms with E-state index in [-0.39, 0.29) is 37.0 Å². The van der Waals surface area contributed by atoms with Gasteiger partial charge in [-0.15, -0.1) is 0 Å². The summed E-state index contributed by atoms with van der Waals surface area (Å²) >= 11 is 0. The van der Waals surface area contributed by atoms with Crippen LogP contribution in [0.15, 0.2) is 48.5 Å². The van der Waals surface area contributed by atoms with Gasteiger partial charge in [0.15, 0.2) is 0 Å². The molecule has 364 valence electrons. The minimum Gasteiger partial charge on any atom is -0.379 e. The zero-order chi connectivity index (χ0) is 46.5. The number of hydrogen-bond donors (Lipinski definition) is 2. The lowest BCUT2D eigenvalue weighted by atomic mass is 10.0. The molecular weight excluding hydrogens is 859 g/mol. The van der Waals surface area contributed by atoms with Crippen molar-refractivity contribution in [3.8, 4) is 11.8 Å². The molecule has 17 nitrogen and oxygen atoms in total. The number of fused-ring (bicyclic) bond motifs is 2. The number of amides is 3. The first-order chi connectivity index (χ1) is 31.9. The quantitative estimate of drug-likeness (QED) is 0.0558. The molecule has 0 aliphatic carbocycles. The van der Waals surface area contributed by atoms with E-state index in [0.717, 1.165) is 28.8 Å². The highest BCUT2D eigenvalue weighted by Gasteiger charge is 2.39. The van der Waals surface area contributed by atoms with Crippen LogP contribution in [0.25, 0.3) is 0 Å². The van der Waals surface area contributed by atoms with E-state index in [4.69, 9.17) is 51.2 Å². The molecule has 0 fully saturated rings. The van der Waals surface area contributed by atoms with E-state index in [2.05, 4.69) is 22.5 Å². The molecule has 1 aliphatic heterocycles. The van der Waals surface area contributed by atoms with Crippen LogP contribution in [0.2, 0.25) is 6.04 Å². The summed E-state index contributed by atoms with van der Waals surface area (Å²) in [5, 5.41) is 5.73. The second-order valence-corrected chi connectivity index (χ2v) is 17.1. The lowest BCUT2D eigenvalue weighted by Gasteiger charge is -2.28. The minimum atomic E-state index is -2.68. The third kappa shape index (κ3) is 25.1. The normalized spacial score (nSPS) is 12.1. The maximum Gasteiger partial charge on any atom is 0.500 e. The number of ether oxygens (including phenoxy) is 8. The van der Waals surface area contributed by atoms with Gasteiger partial charge in [-0.3, -0.25) is 14.4 Å². The molecule has 1 aliphatic rings. The molecule has 2 aromatic rings. The summed E-state index contributed by atoms with van der Waals surface area (Å²) in [6.45, 7) is 15.4. The van der Waals surface area contributed by atoms with Gasteiger partial charge in [-0.1, -0.05) is 42.2 Å². The van der Waals surface area contributed by atoms with Crippen molar-refractivity contribution in [1.82, 2.24) is 10.6 Å². The number of nitrogens with zero attached hydrogens (tertiary/aromatic N) is 1. The summed E-state index contributed by atoms with van der Waals surface area (Å²) in [4.78, 5) is 39.6. The fraction of sp³-hybridized carbons (Fsp3) is 0.638.